The number of anilines is 2. The van der Waals surface area contributed by atoms with Gasteiger partial charge in [0.25, 0.3) is 0 Å². The fourth-order valence-electron chi connectivity index (χ4n) is 1.85. The SMILES string of the molecule is Cc1cc(Nc2c(F)c(F)cc(F)c2F)ccc1C(N)=S. The van der Waals surface area contributed by atoms with Crippen molar-refractivity contribution in [3.8, 4) is 0 Å². The highest BCUT2D eigenvalue weighted by molar-refractivity contribution is 7.80. The van der Waals surface area contributed by atoms with Gasteiger partial charge in [-0.05, 0) is 30.7 Å². The van der Waals surface area contributed by atoms with E-state index in [1.54, 1.807) is 13.0 Å². The van der Waals surface area contributed by atoms with Crippen LogP contribution in [0.5, 0.6) is 0 Å². The molecule has 0 saturated carbocycles. The summed E-state index contributed by atoms with van der Waals surface area (Å²) in [6.45, 7) is 1.69. The number of nitrogens with one attached hydrogen (secondary N) is 1. The Labute approximate surface area is 123 Å². The van der Waals surface area contributed by atoms with Crippen molar-refractivity contribution in [2.45, 2.75) is 6.92 Å². The molecule has 0 saturated heterocycles. The van der Waals surface area contributed by atoms with Gasteiger partial charge in [0, 0.05) is 17.3 Å². The van der Waals surface area contributed by atoms with Crippen molar-refractivity contribution in [3.63, 3.8) is 0 Å². The van der Waals surface area contributed by atoms with Crippen LogP contribution in [0.3, 0.4) is 0 Å². The Morgan fingerprint density at radius 1 is 1.05 bits per heavy atom. The minimum atomic E-state index is -1.50. The van der Waals surface area contributed by atoms with E-state index in [2.05, 4.69) is 5.32 Å². The van der Waals surface area contributed by atoms with E-state index in [0.29, 0.717) is 11.1 Å². The Kier molecular flexibility index (Phi) is 4.13. The summed E-state index contributed by atoms with van der Waals surface area (Å²) in [5.74, 6) is -5.95. The average Bonchev–Trinajstić information content (AvgIpc) is 2.41. The normalized spacial score (nSPS) is 10.5. The van der Waals surface area contributed by atoms with Gasteiger partial charge in [-0.15, -0.1) is 0 Å². The molecular formula is C14H10F4N2S. The van der Waals surface area contributed by atoms with E-state index in [-0.39, 0.29) is 16.7 Å². The molecule has 2 rings (SSSR count). The van der Waals surface area contributed by atoms with Crippen LogP contribution in [-0.4, -0.2) is 4.99 Å². The van der Waals surface area contributed by atoms with Crippen molar-refractivity contribution in [1.82, 2.24) is 0 Å². The number of nitrogens with two attached hydrogens (primary N) is 1. The van der Waals surface area contributed by atoms with E-state index in [1.165, 1.54) is 12.1 Å². The van der Waals surface area contributed by atoms with Crippen LogP contribution in [0.2, 0.25) is 0 Å². The van der Waals surface area contributed by atoms with Gasteiger partial charge in [-0.1, -0.05) is 12.2 Å². The predicted octanol–water partition coefficient (Wildman–Crippen LogP) is 3.93. The Balaban J connectivity index is 2.44. The summed E-state index contributed by atoms with van der Waals surface area (Å²) in [6.07, 6.45) is 0. The van der Waals surface area contributed by atoms with Crippen LogP contribution in [0.1, 0.15) is 11.1 Å². The van der Waals surface area contributed by atoms with Crippen molar-refractivity contribution in [3.05, 3.63) is 58.7 Å². The molecule has 0 bridgehead atoms. The third-order valence-electron chi connectivity index (χ3n) is 2.87. The van der Waals surface area contributed by atoms with Crippen LogP contribution in [0, 0.1) is 30.2 Å². The second-order valence-electron chi connectivity index (χ2n) is 4.36. The molecule has 0 spiro atoms. The first kappa shape index (κ1) is 15.2. The molecule has 0 fully saturated rings. The van der Waals surface area contributed by atoms with Gasteiger partial charge in [0.05, 0.1) is 0 Å². The smallest absolute Gasteiger partial charge is 0.185 e. The molecule has 0 amide bonds. The molecule has 0 heterocycles. The van der Waals surface area contributed by atoms with E-state index < -0.39 is 29.0 Å². The number of aryl methyl sites for hydroxylation is 1. The predicted molar refractivity (Wildman–Crippen MR) is 76.6 cm³/mol. The first-order chi connectivity index (χ1) is 9.81. The fraction of sp³-hybridized carbons (Fsp3) is 0.0714. The third kappa shape index (κ3) is 2.97. The minimum Gasteiger partial charge on any atom is -0.389 e. The molecule has 21 heavy (non-hydrogen) atoms. The molecule has 7 heteroatoms. The van der Waals surface area contributed by atoms with E-state index in [0.717, 1.165) is 0 Å². The van der Waals surface area contributed by atoms with Gasteiger partial charge in [-0.3, -0.25) is 0 Å². The molecule has 0 aliphatic rings. The highest BCUT2D eigenvalue weighted by atomic mass is 32.1. The Morgan fingerprint density at radius 2 is 1.62 bits per heavy atom. The number of benzene rings is 2. The van der Waals surface area contributed by atoms with Crippen LogP contribution >= 0.6 is 12.2 Å². The molecule has 2 aromatic carbocycles. The lowest BCUT2D eigenvalue weighted by Crippen LogP contribution is -2.11. The first-order valence-electron chi connectivity index (χ1n) is 5.81. The summed E-state index contributed by atoms with van der Waals surface area (Å²) in [4.78, 5) is 0.174. The van der Waals surface area contributed by atoms with Crippen LogP contribution in [0.15, 0.2) is 24.3 Å². The zero-order valence-corrected chi connectivity index (χ0v) is 11.6. The molecule has 2 aromatic rings. The second-order valence-corrected chi connectivity index (χ2v) is 4.80. The standard InChI is InChI=1S/C14H10F4N2S/c1-6-4-7(2-3-8(6)14(19)21)20-13-11(17)9(15)5-10(16)12(13)18/h2-5,20H,1H3,(H2,19,21). The van der Waals surface area contributed by atoms with Gasteiger partial charge in [-0.25, -0.2) is 17.6 Å². The molecule has 0 aliphatic carbocycles. The van der Waals surface area contributed by atoms with E-state index >= 15 is 0 Å². The Hall–Kier alpha value is -2.15. The van der Waals surface area contributed by atoms with Crippen LogP contribution in [0.25, 0.3) is 0 Å². The lowest BCUT2D eigenvalue weighted by atomic mass is 10.1. The molecule has 0 aliphatic heterocycles. The molecular weight excluding hydrogens is 304 g/mol. The summed E-state index contributed by atoms with van der Waals surface area (Å²) in [6, 6.07) is 4.65. The maximum Gasteiger partial charge on any atom is 0.185 e. The van der Waals surface area contributed by atoms with Crippen molar-refractivity contribution in [2.75, 3.05) is 5.32 Å². The number of thiocarbonyl (C=S) groups is 1. The second kappa shape index (κ2) is 5.69. The minimum absolute atomic E-state index is 0.150. The Bertz CT molecular complexity index is 705. The summed E-state index contributed by atoms with van der Waals surface area (Å²) < 4.78 is 53.3. The summed E-state index contributed by atoms with van der Waals surface area (Å²) >= 11 is 4.84. The van der Waals surface area contributed by atoms with Gasteiger partial charge in [0.15, 0.2) is 23.3 Å². The van der Waals surface area contributed by atoms with Gasteiger partial charge >= 0.3 is 0 Å². The van der Waals surface area contributed by atoms with Crippen LogP contribution < -0.4 is 11.1 Å². The van der Waals surface area contributed by atoms with E-state index in [9.17, 15) is 17.6 Å². The highest BCUT2D eigenvalue weighted by Gasteiger charge is 2.19. The number of hydrogen-bond donors (Lipinski definition) is 2. The lowest BCUT2D eigenvalue weighted by molar-refractivity contribution is 0.459. The first-order valence-corrected chi connectivity index (χ1v) is 6.22. The molecule has 0 unspecified atom stereocenters. The number of hydrogen-bond acceptors (Lipinski definition) is 2. The molecule has 2 nitrogen and oxygen atoms in total. The van der Waals surface area contributed by atoms with Crippen molar-refractivity contribution in [2.24, 2.45) is 5.73 Å². The van der Waals surface area contributed by atoms with E-state index in [4.69, 9.17) is 18.0 Å². The molecule has 0 radical (unpaired) electrons. The molecule has 110 valence electrons. The molecule has 0 atom stereocenters. The van der Waals surface area contributed by atoms with Crippen molar-refractivity contribution in [1.29, 1.82) is 0 Å². The van der Waals surface area contributed by atoms with Crippen molar-refractivity contribution < 1.29 is 17.6 Å². The highest BCUT2D eigenvalue weighted by Crippen LogP contribution is 2.28. The lowest BCUT2D eigenvalue weighted by Gasteiger charge is -2.12. The molecule has 0 aromatic heterocycles. The number of halogens is 4. The van der Waals surface area contributed by atoms with Gasteiger partial charge in [0.2, 0.25) is 0 Å². The quantitative estimate of drug-likeness (QED) is 0.512. The van der Waals surface area contributed by atoms with Gasteiger partial charge < -0.3 is 11.1 Å². The monoisotopic (exact) mass is 314 g/mol. The van der Waals surface area contributed by atoms with Crippen molar-refractivity contribution >= 4 is 28.6 Å². The maximum absolute atomic E-state index is 13.6. The number of rotatable bonds is 3. The van der Waals surface area contributed by atoms with Gasteiger partial charge in [0.1, 0.15) is 10.7 Å². The summed E-state index contributed by atoms with van der Waals surface area (Å²) in [7, 11) is 0. The summed E-state index contributed by atoms with van der Waals surface area (Å²) in [5, 5.41) is 2.32. The zero-order valence-electron chi connectivity index (χ0n) is 10.8. The van der Waals surface area contributed by atoms with E-state index in [1.807, 2.05) is 0 Å². The van der Waals surface area contributed by atoms with Crippen LogP contribution in [-0.2, 0) is 0 Å². The average molecular weight is 314 g/mol. The van der Waals surface area contributed by atoms with Crippen LogP contribution in [0.4, 0.5) is 28.9 Å². The fourth-order valence-corrected chi connectivity index (χ4v) is 2.07. The Morgan fingerprint density at radius 3 is 2.10 bits per heavy atom. The topological polar surface area (TPSA) is 38.0 Å². The zero-order chi connectivity index (χ0) is 15.7. The summed E-state index contributed by atoms with van der Waals surface area (Å²) in [5.41, 5.74) is 6.11. The maximum atomic E-state index is 13.6. The molecule has 3 N–H and O–H groups in total. The van der Waals surface area contributed by atoms with Gasteiger partial charge in [-0.2, -0.15) is 0 Å². The third-order valence-corrected chi connectivity index (χ3v) is 3.09. The largest absolute Gasteiger partial charge is 0.389 e.